The van der Waals surface area contributed by atoms with Crippen molar-refractivity contribution >= 4 is 0 Å². The van der Waals surface area contributed by atoms with Crippen molar-refractivity contribution in [1.29, 1.82) is 0 Å². The summed E-state index contributed by atoms with van der Waals surface area (Å²) >= 11 is 0. The van der Waals surface area contributed by atoms with Crippen LogP contribution in [0.3, 0.4) is 0 Å². The van der Waals surface area contributed by atoms with Gasteiger partial charge in [0.05, 0.1) is 5.54 Å². The highest BCUT2D eigenvalue weighted by molar-refractivity contribution is 5.33. The van der Waals surface area contributed by atoms with E-state index in [-0.39, 0.29) is 11.6 Å². The SMILES string of the molecule is Cn1nnnc1C1CC2(c3ccccc3)NC1CCC2N. The Balaban J connectivity index is 1.76. The summed E-state index contributed by atoms with van der Waals surface area (Å²) in [6.07, 6.45) is 3.07. The lowest BCUT2D eigenvalue weighted by molar-refractivity contribution is 0.237. The molecule has 2 fully saturated rings. The third kappa shape index (κ3) is 1.82. The molecule has 110 valence electrons. The molecule has 2 aromatic rings. The van der Waals surface area contributed by atoms with Crippen LogP contribution in [-0.2, 0) is 12.6 Å². The molecule has 1 aromatic heterocycles. The molecule has 0 aliphatic carbocycles. The molecule has 21 heavy (non-hydrogen) atoms. The van der Waals surface area contributed by atoms with E-state index in [2.05, 4.69) is 45.1 Å². The first-order valence-electron chi connectivity index (χ1n) is 7.52. The average molecular weight is 284 g/mol. The van der Waals surface area contributed by atoms with Gasteiger partial charge in [-0.25, -0.2) is 4.68 Å². The second-order valence-electron chi connectivity index (χ2n) is 6.24. The minimum atomic E-state index is -0.152. The van der Waals surface area contributed by atoms with Crippen molar-refractivity contribution < 1.29 is 0 Å². The number of hydrogen-bond acceptors (Lipinski definition) is 5. The molecule has 4 atom stereocenters. The number of aromatic nitrogens is 4. The lowest BCUT2D eigenvalue weighted by Gasteiger charge is -2.40. The Morgan fingerprint density at radius 2 is 2.10 bits per heavy atom. The van der Waals surface area contributed by atoms with Gasteiger partial charge in [-0.05, 0) is 35.3 Å². The molecule has 3 heterocycles. The summed E-state index contributed by atoms with van der Waals surface area (Å²) in [5, 5.41) is 15.8. The van der Waals surface area contributed by atoms with Gasteiger partial charge in [0.1, 0.15) is 0 Å². The van der Waals surface area contributed by atoms with Crippen LogP contribution in [0.2, 0.25) is 0 Å². The van der Waals surface area contributed by atoms with Gasteiger partial charge in [-0.2, -0.15) is 0 Å². The lowest BCUT2D eigenvalue weighted by Crippen LogP contribution is -2.57. The number of hydrogen-bond donors (Lipinski definition) is 2. The average Bonchev–Trinajstić information content (AvgIpc) is 3.07. The number of fused-ring (bicyclic) bond motifs is 2. The Bertz CT molecular complexity index is 639. The smallest absolute Gasteiger partial charge is 0.155 e. The van der Waals surface area contributed by atoms with Crippen molar-refractivity contribution in [3.8, 4) is 0 Å². The molecular formula is C15H20N6. The summed E-state index contributed by atoms with van der Waals surface area (Å²) < 4.78 is 1.79. The van der Waals surface area contributed by atoms with Gasteiger partial charge >= 0.3 is 0 Å². The van der Waals surface area contributed by atoms with Gasteiger partial charge in [0, 0.05) is 25.0 Å². The first-order chi connectivity index (χ1) is 10.2. The molecule has 0 amide bonds. The fourth-order valence-electron chi connectivity index (χ4n) is 4.09. The number of rotatable bonds is 2. The number of tetrazole rings is 1. The van der Waals surface area contributed by atoms with Gasteiger partial charge in [-0.1, -0.05) is 30.3 Å². The Labute approximate surface area is 123 Å². The van der Waals surface area contributed by atoms with Gasteiger partial charge in [-0.15, -0.1) is 5.10 Å². The summed E-state index contributed by atoms with van der Waals surface area (Å²) in [6, 6.07) is 11.1. The fourth-order valence-corrected chi connectivity index (χ4v) is 4.09. The predicted molar refractivity (Wildman–Crippen MR) is 78.4 cm³/mol. The van der Waals surface area contributed by atoms with Crippen LogP contribution in [-0.4, -0.2) is 32.3 Å². The van der Waals surface area contributed by atoms with E-state index in [0.717, 1.165) is 25.1 Å². The van der Waals surface area contributed by atoms with Crippen LogP contribution in [0.4, 0.5) is 0 Å². The minimum absolute atomic E-state index is 0.127. The molecule has 2 aliphatic rings. The van der Waals surface area contributed by atoms with Crippen LogP contribution in [0, 0.1) is 0 Å². The lowest BCUT2D eigenvalue weighted by atomic mass is 9.79. The largest absolute Gasteiger partial charge is 0.326 e. The van der Waals surface area contributed by atoms with Crippen LogP contribution in [0.15, 0.2) is 30.3 Å². The Morgan fingerprint density at radius 3 is 2.81 bits per heavy atom. The molecule has 2 aliphatic heterocycles. The molecule has 0 spiro atoms. The van der Waals surface area contributed by atoms with Gasteiger partial charge < -0.3 is 11.1 Å². The Kier molecular flexibility index (Phi) is 2.83. The number of piperidine rings is 1. The quantitative estimate of drug-likeness (QED) is 0.847. The summed E-state index contributed by atoms with van der Waals surface area (Å²) in [4.78, 5) is 0. The van der Waals surface area contributed by atoms with E-state index in [1.54, 1.807) is 4.68 Å². The summed E-state index contributed by atoms with van der Waals surface area (Å²) in [5.41, 5.74) is 7.64. The summed E-state index contributed by atoms with van der Waals surface area (Å²) in [6.45, 7) is 0. The van der Waals surface area contributed by atoms with E-state index < -0.39 is 0 Å². The molecule has 6 nitrogen and oxygen atoms in total. The topological polar surface area (TPSA) is 81.7 Å². The van der Waals surface area contributed by atoms with Crippen molar-refractivity contribution in [2.24, 2.45) is 12.8 Å². The second-order valence-corrected chi connectivity index (χ2v) is 6.24. The van der Waals surface area contributed by atoms with Crippen molar-refractivity contribution in [3.63, 3.8) is 0 Å². The van der Waals surface area contributed by atoms with Crippen molar-refractivity contribution in [2.45, 2.75) is 42.8 Å². The second kappa shape index (κ2) is 4.61. The normalized spacial score (nSPS) is 35.0. The standard InChI is InChI=1S/C15H20N6/c1-21-14(18-19-20-21)11-9-15(10-5-3-2-4-6-10)13(16)8-7-12(11)17-15/h2-6,11-13,17H,7-9,16H2,1H3. The number of benzene rings is 1. The maximum Gasteiger partial charge on any atom is 0.155 e. The molecule has 4 unspecified atom stereocenters. The predicted octanol–water partition coefficient (Wildman–Crippen LogP) is 0.672. The third-order valence-corrected chi connectivity index (χ3v) is 5.17. The molecule has 2 bridgehead atoms. The third-order valence-electron chi connectivity index (χ3n) is 5.17. The Hall–Kier alpha value is -1.79. The number of nitrogens with two attached hydrogens (primary N) is 1. The van der Waals surface area contributed by atoms with Gasteiger partial charge in [-0.3, -0.25) is 0 Å². The molecule has 6 heteroatoms. The van der Waals surface area contributed by atoms with Gasteiger partial charge in [0.2, 0.25) is 0 Å². The monoisotopic (exact) mass is 284 g/mol. The maximum atomic E-state index is 6.52. The zero-order valence-electron chi connectivity index (χ0n) is 12.1. The van der Waals surface area contributed by atoms with Crippen LogP contribution in [0.5, 0.6) is 0 Å². The van der Waals surface area contributed by atoms with E-state index in [4.69, 9.17) is 5.73 Å². The van der Waals surface area contributed by atoms with Crippen LogP contribution < -0.4 is 11.1 Å². The molecule has 4 rings (SSSR count). The van der Waals surface area contributed by atoms with E-state index in [0.29, 0.717) is 12.0 Å². The summed E-state index contributed by atoms with van der Waals surface area (Å²) in [5.74, 6) is 1.28. The number of aryl methyl sites for hydroxylation is 1. The van der Waals surface area contributed by atoms with E-state index in [1.807, 2.05) is 13.1 Å². The highest BCUT2D eigenvalue weighted by atomic mass is 15.5. The number of nitrogens with one attached hydrogen (secondary N) is 1. The van der Waals surface area contributed by atoms with Gasteiger partial charge in [0.25, 0.3) is 0 Å². The molecule has 3 N–H and O–H groups in total. The molecular weight excluding hydrogens is 264 g/mol. The minimum Gasteiger partial charge on any atom is -0.326 e. The highest BCUT2D eigenvalue weighted by Crippen LogP contribution is 2.48. The van der Waals surface area contributed by atoms with Crippen molar-refractivity contribution in [2.75, 3.05) is 0 Å². The van der Waals surface area contributed by atoms with Crippen molar-refractivity contribution in [3.05, 3.63) is 41.7 Å². The zero-order chi connectivity index (χ0) is 14.4. The van der Waals surface area contributed by atoms with Crippen molar-refractivity contribution in [1.82, 2.24) is 25.5 Å². The molecule has 1 aromatic carbocycles. The maximum absolute atomic E-state index is 6.52. The van der Waals surface area contributed by atoms with E-state index in [9.17, 15) is 0 Å². The van der Waals surface area contributed by atoms with E-state index in [1.165, 1.54) is 5.56 Å². The first kappa shape index (κ1) is 12.9. The molecule has 0 radical (unpaired) electrons. The number of nitrogens with zero attached hydrogens (tertiary/aromatic N) is 4. The van der Waals surface area contributed by atoms with Gasteiger partial charge in [0.15, 0.2) is 5.82 Å². The van der Waals surface area contributed by atoms with Crippen LogP contribution in [0.1, 0.15) is 36.6 Å². The Morgan fingerprint density at radius 1 is 1.29 bits per heavy atom. The molecule has 2 saturated heterocycles. The summed E-state index contributed by atoms with van der Waals surface area (Å²) in [7, 11) is 1.91. The zero-order valence-corrected chi connectivity index (χ0v) is 12.1. The van der Waals surface area contributed by atoms with E-state index >= 15 is 0 Å². The fraction of sp³-hybridized carbons (Fsp3) is 0.533. The van der Waals surface area contributed by atoms with Crippen LogP contribution >= 0.6 is 0 Å². The molecule has 0 saturated carbocycles. The highest BCUT2D eigenvalue weighted by Gasteiger charge is 2.53. The van der Waals surface area contributed by atoms with Crippen LogP contribution in [0.25, 0.3) is 0 Å². The first-order valence-corrected chi connectivity index (χ1v) is 7.52.